The highest BCUT2D eigenvalue weighted by molar-refractivity contribution is 4.93. The van der Waals surface area contributed by atoms with Crippen LogP contribution in [0.15, 0.2) is 0 Å². The summed E-state index contributed by atoms with van der Waals surface area (Å²) in [5.74, 6) is 1.60. The lowest BCUT2D eigenvalue weighted by molar-refractivity contribution is -0.00969. The number of hydrogen-bond donors (Lipinski definition) is 1. The number of piperidine rings is 1. The fourth-order valence-electron chi connectivity index (χ4n) is 4.39. The molecule has 0 radical (unpaired) electrons. The van der Waals surface area contributed by atoms with Gasteiger partial charge in [-0.25, -0.2) is 0 Å². The van der Waals surface area contributed by atoms with Crippen molar-refractivity contribution in [1.29, 1.82) is 0 Å². The molecule has 0 aromatic rings. The van der Waals surface area contributed by atoms with Gasteiger partial charge in [-0.05, 0) is 56.4 Å². The first kappa shape index (κ1) is 15.3. The first-order valence-electron chi connectivity index (χ1n) is 8.39. The van der Waals surface area contributed by atoms with Gasteiger partial charge in [-0.3, -0.25) is 4.90 Å². The summed E-state index contributed by atoms with van der Waals surface area (Å²) >= 11 is 0. The number of hydrogen-bond acceptors (Lipinski definition) is 2. The van der Waals surface area contributed by atoms with E-state index in [0.29, 0.717) is 5.41 Å². The highest BCUT2D eigenvalue weighted by Gasteiger charge is 2.40. The maximum absolute atomic E-state index is 5.93. The molecule has 2 heteroatoms. The van der Waals surface area contributed by atoms with Crippen LogP contribution in [-0.4, -0.2) is 30.1 Å². The van der Waals surface area contributed by atoms with Gasteiger partial charge in [-0.1, -0.05) is 33.6 Å². The Bertz CT molecular complexity index is 281. The molecule has 0 spiro atoms. The van der Waals surface area contributed by atoms with Crippen molar-refractivity contribution in [3.63, 3.8) is 0 Å². The van der Waals surface area contributed by atoms with Crippen molar-refractivity contribution >= 4 is 0 Å². The smallest absolute Gasteiger partial charge is 0.0131 e. The van der Waals surface area contributed by atoms with Crippen molar-refractivity contribution in [2.75, 3.05) is 13.1 Å². The normalized spacial score (nSPS) is 38.4. The van der Waals surface area contributed by atoms with Crippen LogP contribution < -0.4 is 5.73 Å². The van der Waals surface area contributed by atoms with E-state index in [2.05, 4.69) is 32.6 Å². The zero-order chi connectivity index (χ0) is 14.0. The Hall–Kier alpha value is -0.0800. The van der Waals surface area contributed by atoms with Crippen LogP contribution in [0, 0.1) is 17.3 Å². The molecule has 1 aliphatic carbocycles. The van der Waals surface area contributed by atoms with Crippen molar-refractivity contribution in [1.82, 2.24) is 4.90 Å². The third kappa shape index (κ3) is 3.52. The highest BCUT2D eigenvalue weighted by Crippen LogP contribution is 2.42. The molecule has 19 heavy (non-hydrogen) atoms. The fourth-order valence-corrected chi connectivity index (χ4v) is 4.39. The van der Waals surface area contributed by atoms with E-state index in [1.165, 1.54) is 45.1 Å². The van der Waals surface area contributed by atoms with E-state index in [1.807, 2.05) is 0 Å². The van der Waals surface area contributed by atoms with E-state index in [1.54, 1.807) is 0 Å². The Morgan fingerprint density at radius 1 is 1.05 bits per heavy atom. The minimum atomic E-state index is 0.445. The maximum atomic E-state index is 5.93. The summed E-state index contributed by atoms with van der Waals surface area (Å²) < 4.78 is 0. The fraction of sp³-hybridized carbons (Fsp3) is 1.00. The Balaban J connectivity index is 2.11. The zero-order valence-corrected chi connectivity index (χ0v) is 13.5. The molecule has 4 atom stereocenters. The van der Waals surface area contributed by atoms with Crippen LogP contribution in [-0.2, 0) is 0 Å². The summed E-state index contributed by atoms with van der Waals surface area (Å²) in [5.41, 5.74) is 6.38. The van der Waals surface area contributed by atoms with Crippen LogP contribution in [0.3, 0.4) is 0 Å². The molecule has 0 aromatic heterocycles. The summed E-state index contributed by atoms with van der Waals surface area (Å²) in [4.78, 5) is 2.83. The maximum Gasteiger partial charge on any atom is 0.0131 e. The SMILES string of the molecule is CC1CCC(CN)CN1C1CCCCC1C(C)(C)C. The lowest BCUT2D eigenvalue weighted by atomic mass is 9.68. The van der Waals surface area contributed by atoms with E-state index >= 15 is 0 Å². The van der Waals surface area contributed by atoms with E-state index in [-0.39, 0.29) is 0 Å². The van der Waals surface area contributed by atoms with Gasteiger partial charge in [-0.15, -0.1) is 0 Å². The molecule has 2 N–H and O–H groups in total. The third-order valence-corrected chi connectivity index (χ3v) is 5.63. The van der Waals surface area contributed by atoms with Gasteiger partial charge in [0.15, 0.2) is 0 Å². The quantitative estimate of drug-likeness (QED) is 0.826. The Labute approximate surface area is 120 Å². The van der Waals surface area contributed by atoms with Crippen LogP contribution in [0.1, 0.15) is 66.2 Å². The molecule has 1 saturated carbocycles. The molecule has 4 unspecified atom stereocenters. The van der Waals surface area contributed by atoms with Gasteiger partial charge in [-0.2, -0.15) is 0 Å². The van der Waals surface area contributed by atoms with E-state index in [9.17, 15) is 0 Å². The standard InChI is InChI=1S/C17H34N2/c1-13-9-10-14(11-18)12-19(13)16-8-6-5-7-15(16)17(2,3)4/h13-16H,5-12,18H2,1-4H3. The second kappa shape index (κ2) is 6.13. The van der Waals surface area contributed by atoms with Crippen molar-refractivity contribution < 1.29 is 0 Å². The van der Waals surface area contributed by atoms with Gasteiger partial charge in [0.2, 0.25) is 0 Å². The monoisotopic (exact) mass is 266 g/mol. The Kier molecular flexibility index (Phi) is 4.94. The van der Waals surface area contributed by atoms with Gasteiger partial charge >= 0.3 is 0 Å². The molecule has 1 heterocycles. The average Bonchev–Trinajstić information content (AvgIpc) is 2.38. The minimum Gasteiger partial charge on any atom is -0.330 e. The lowest BCUT2D eigenvalue weighted by Crippen LogP contribution is -2.54. The van der Waals surface area contributed by atoms with Crippen LogP contribution >= 0.6 is 0 Å². The first-order chi connectivity index (χ1) is 8.93. The minimum absolute atomic E-state index is 0.445. The molecule has 2 aliphatic rings. The van der Waals surface area contributed by atoms with Crippen LogP contribution in [0.25, 0.3) is 0 Å². The summed E-state index contributed by atoms with van der Waals surface area (Å²) in [6.45, 7) is 11.9. The molecule has 0 amide bonds. The average molecular weight is 266 g/mol. The third-order valence-electron chi connectivity index (χ3n) is 5.63. The Morgan fingerprint density at radius 3 is 2.37 bits per heavy atom. The zero-order valence-electron chi connectivity index (χ0n) is 13.5. The van der Waals surface area contributed by atoms with Gasteiger partial charge in [0.1, 0.15) is 0 Å². The summed E-state index contributed by atoms with van der Waals surface area (Å²) in [6, 6.07) is 1.56. The molecule has 2 fully saturated rings. The van der Waals surface area contributed by atoms with Crippen LogP contribution in [0.5, 0.6) is 0 Å². The van der Waals surface area contributed by atoms with Crippen molar-refractivity contribution in [3.05, 3.63) is 0 Å². The number of rotatable bonds is 2. The number of nitrogens with two attached hydrogens (primary N) is 1. The van der Waals surface area contributed by atoms with E-state index in [4.69, 9.17) is 5.73 Å². The summed E-state index contributed by atoms with van der Waals surface area (Å²) in [6.07, 6.45) is 8.36. The van der Waals surface area contributed by atoms with Crippen molar-refractivity contribution in [3.8, 4) is 0 Å². The molecule has 2 nitrogen and oxygen atoms in total. The summed E-state index contributed by atoms with van der Waals surface area (Å²) in [5, 5.41) is 0. The van der Waals surface area contributed by atoms with Crippen LogP contribution in [0.4, 0.5) is 0 Å². The van der Waals surface area contributed by atoms with E-state index in [0.717, 1.165) is 30.5 Å². The van der Waals surface area contributed by atoms with Crippen LogP contribution in [0.2, 0.25) is 0 Å². The highest BCUT2D eigenvalue weighted by atomic mass is 15.2. The van der Waals surface area contributed by atoms with Crippen molar-refractivity contribution in [2.24, 2.45) is 23.0 Å². The topological polar surface area (TPSA) is 29.3 Å². The van der Waals surface area contributed by atoms with Gasteiger partial charge in [0.05, 0.1) is 0 Å². The molecule has 0 bridgehead atoms. The predicted octanol–water partition coefficient (Wildman–Crippen LogP) is 3.65. The number of likely N-dealkylation sites (tertiary alicyclic amines) is 1. The van der Waals surface area contributed by atoms with E-state index < -0.39 is 0 Å². The summed E-state index contributed by atoms with van der Waals surface area (Å²) in [7, 11) is 0. The van der Waals surface area contributed by atoms with Gasteiger partial charge in [0, 0.05) is 18.6 Å². The van der Waals surface area contributed by atoms with Crippen molar-refractivity contribution in [2.45, 2.75) is 78.3 Å². The largest absolute Gasteiger partial charge is 0.330 e. The molecular weight excluding hydrogens is 232 g/mol. The molecule has 1 aliphatic heterocycles. The molecular formula is C17H34N2. The molecule has 0 aromatic carbocycles. The first-order valence-corrected chi connectivity index (χ1v) is 8.39. The Morgan fingerprint density at radius 2 is 1.74 bits per heavy atom. The second-order valence-electron chi connectivity index (χ2n) is 8.05. The van der Waals surface area contributed by atoms with Gasteiger partial charge in [0.25, 0.3) is 0 Å². The molecule has 1 saturated heterocycles. The lowest BCUT2D eigenvalue weighted by Gasteiger charge is -2.50. The number of nitrogens with zero attached hydrogens (tertiary/aromatic N) is 1. The predicted molar refractivity (Wildman–Crippen MR) is 83.1 cm³/mol. The van der Waals surface area contributed by atoms with Gasteiger partial charge < -0.3 is 5.73 Å². The molecule has 112 valence electrons. The molecule has 2 rings (SSSR count). The second-order valence-corrected chi connectivity index (χ2v) is 8.05.